The zero-order valence-corrected chi connectivity index (χ0v) is 27.7. The molecule has 2 aromatic rings. The molecule has 0 aliphatic rings. The standard InChI is InChI=1S/C36H54N4O6/c1-3-5-13-19-27-21-17-23-29(33(27)43)35(45)39-37-31(41)25-15-11-9-7-8-10-12-16-26-32(42)38-40-36(46)30-24-18-22-28(34(30)44)20-14-6-4-2/h17-18,21-24,43-44H,3-16,19-20,25-26H2,1-2H3,(H,37,41)(H,38,42)(H,39,45)(H,40,46). The summed E-state index contributed by atoms with van der Waals surface area (Å²) < 4.78 is 0. The number of hydrogen-bond donors (Lipinski definition) is 6. The fourth-order valence-corrected chi connectivity index (χ4v) is 5.23. The Bertz CT molecular complexity index is 1150. The molecule has 4 amide bonds. The lowest BCUT2D eigenvalue weighted by Gasteiger charge is -2.11. The average Bonchev–Trinajstić information content (AvgIpc) is 3.05. The van der Waals surface area contributed by atoms with Crippen molar-refractivity contribution >= 4 is 23.6 Å². The predicted molar refractivity (Wildman–Crippen MR) is 180 cm³/mol. The van der Waals surface area contributed by atoms with Gasteiger partial charge in [0.2, 0.25) is 11.8 Å². The highest BCUT2D eigenvalue weighted by Crippen LogP contribution is 2.25. The molecule has 0 atom stereocenters. The lowest BCUT2D eigenvalue weighted by molar-refractivity contribution is -0.122. The lowest BCUT2D eigenvalue weighted by Crippen LogP contribution is -2.41. The third kappa shape index (κ3) is 14.3. The number of nitrogens with one attached hydrogen (secondary N) is 4. The second kappa shape index (κ2) is 22.4. The Hall–Kier alpha value is -4.08. The van der Waals surface area contributed by atoms with Crippen molar-refractivity contribution in [1.29, 1.82) is 0 Å². The van der Waals surface area contributed by atoms with Gasteiger partial charge in [-0.1, -0.05) is 102 Å². The maximum absolute atomic E-state index is 12.4. The number of carbonyl (C=O) groups is 4. The molecule has 10 nitrogen and oxygen atoms in total. The summed E-state index contributed by atoms with van der Waals surface area (Å²) in [5.74, 6) is -1.68. The largest absolute Gasteiger partial charge is 0.507 e. The Kier molecular flexibility index (Phi) is 18.6. The summed E-state index contributed by atoms with van der Waals surface area (Å²) in [4.78, 5) is 49.2. The normalized spacial score (nSPS) is 10.7. The van der Waals surface area contributed by atoms with Crippen molar-refractivity contribution < 1.29 is 29.4 Å². The molecule has 0 unspecified atom stereocenters. The summed E-state index contributed by atoms with van der Waals surface area (Å²) in [6.07, 6.45) is 15.5. The molecule has 0 heterocycles. The van der Waals surface area contributed by atoms with Crippen molar-refractivity contribution in [2.24, 2.45) is 0 Å². The maximum Gasteiger partial charge on any atom is 0.273 e. The third-order valence-corrected chi connectivity index (χ3v) is 8.02. The van der Waals surface area contributed by atoms with Crippen molar-refractivity contribution in [3.05, 3.63) is 58.7 Å². The molecule has 46 heavy (non-hydrogen) atoms. The SMILES string of the molecule is CCCCCc1cccc(C(=O)NNC(=O)CCCCCCCCCCC(=O)NNC(=O)c2cccc(CCCCC)c2O)c1O. The van der Waals surface area contributed by atoms with Crippen LogP contribution in [0.1, 0.15) is 148 Å². The first-order valence-electron chi connectivity index (χ1n) is 17.1. The molecule has 0 aromatic heterocycles. The predicted octanol–water partition coefficient (Wildman–Crippen LogP) is 6.69. The Balaban J connectivity index is 1.50. The number of phenols is 2. The zero-order valence-electron chi connectivity index (χ0n) is 27.7. The number of hydrogen-bond acceptors (Lipinski definition) is 6. The van der Waals surface area contributed by atoms with Gasteiger partial charge < -0.3 is 10.2 Å². The smallest absolute Gasteiger partial charge is 0.273 e. The highest BCUT2D eigenvalue weighted by atomic mass is 16.3. The van der Waals surface area contributed by atoms with Gasteiger partial charge in [0.25, 0.3) is 11.8 Å². The molecule has 0 bridgehead atoms. The molecular weight excluding hydrogens is 584 g/mol. The fraction of sp³-hybridized carbons (Fsp3) is 0.556. The van der Waals surface area contributed by atoms with E-state index < -0.39 is 11.8 Å². The molecule has 0 saturated carbocycles. The van der Waals surface area contributed by atoms with Crippen LogP contribution in [0.25, 0.3) is 0 Å². The van der Waals surface area contributed by atoms with E-state index in [9.17, 15) is 29.4 Å². The van der Waals surface area contributed by atoms with Crippen molar-refractivity contribution in [2.45, 2.75) is 129 Å². The number of aromatic hydroxyl groups is 2. The molecule has 0 aliphatic carbocycles. The minimum absolute atomic E-state index is 0.0332. The summed E-state index contributed by atoms with van der Waals surface area (Å²) in [5, 5.41) is 20.9. The third-order valence-electron chi connectivity index (χ3n) is 8.02. The van der Waals surface area contributed by atoms with E-state index >= 15 is 0 Å². The quantitative estimate of drug-likeness (QED) is 0.0661. The van der Waals surface area contributed by atoms with Gasteiger partial charge in [0, 0.05) is 12.8 Å². The van der Waals surface area contributed by atoms with Gasteiger partial charge in [0.15, 0.2) is 0 Å². The van der Waals surface area contributed by atoms with Crippen molar-refractivity contribution in [3.63, 3.8) is 0 Å². The molecule has 10 heteroatoms. The molecule has 2 aromatic carbocycles. The van der Waals surface area contributed by atoms with Gasteiger partial charge in [-0.25, -0.2) is 0 Å². The Labute approximate surface area is 274 Å². The van der Waals surface area contributed by atoms with Gasteiger partial charge in [0.1, 0.15) is 11.5 Å². The Morgan fingerprint density at radius 1 is 0.500 bits per heavy atom. The average molecular weight is 639 g/mol. The summed E-state index contributed by atoms with van der Waals surface area (Å²) in [6, 6.07) is 10.2. The van der Waals surface area contributed by atoms with Crippen LogP contribution in [-0.2, 0) is 22.4 Å². The van der Waals surface area contributed by atoms with Gasteiger partial charge in [-0.05, 0) is 61.8 Å². The summed E-state index contributed by atoms with van der Waals surface area (Å²) in [6.45, 7) is 4.22. The number of unbranched alkanes of at least 4 members (excludes halogenated alkanes) is 11. The molecule has 0 aliphatic heterocycles. The van der Waals surface area contributed by atoms with Crippen LogP contribution in [0.2, 0.25) is 0 Å². The number of amides is 4. The summed E-state index contributed by atoms with van der Waals surface area (Å²) in [7, 11) is 0. The molecule has 0 saturated heterocycles. The number of aryl methyl sites for hydroxylation is 2. The van der Waals surface area contributed by atoms with E-state index in [-0.39, 0.29) is 34.4 Å². The van der Waals surface area contributed by atoms with E-state index in [4.69, 9.17) is 0 Å². The van der Waals surface area contributed by atoms with Gasteiger partial charge in [-0.2, -0.15) is 0 Å². The number of para-hydroxylation sites is 2. The van der Waals surface area contributed by atoms with E-state index in [1.807, 2.05) is 12.1 Å². The number of rotatable bonds is 21. The van der Waals surface area contributed by atoms with Crippen LogP contribution in [0.4, 0.5) is 0 Å². The van der Waals surface area contributed by atoms with Crippen LogP contribution in [0, 0.1) is 0 Å². The summed E-state index contributed by atoms with van der Waals surface area (Å²) >= 11 is 0. The van der Waals surface area contributed by atoms with Crippen LogP contribution >= 0.6 is 0 Å². The van der Waals surface area contributed by atoms with Crippen molar-refractivity contribution in [1.82, 2.24) is 21.7 Å². The van der Waals surface area contributed by atoms with Gasteiger partial charge in [-0.15, -0.1) is 0 Å². The van der Waals surface area contributed by atoms with Crippen LogP contribution in [0.15, 0.2) is 36.4 Å². The van der Waals surface area contributed by atoms with Crippen LogP contribution in [-0.4, -0.2) is 33.8 Å². The van der Waals surface area contributed by atoms with Crippen molar-refractivity contribution in [3.8, 4) is 11.5 Å². The molecule has 2 rings (SSSR count). The number of carbonyl (C=O) groups excluding carboxylic acids is 4. The fourth-order valence-electron chi connectivity index (χ4n) is 5.23. The monoisotopic (exact) mass is 638 g/mol. The minimum Gasteiger partial charge on any atom is -0.507 e. The van der Waals surface area contributed by atoms with E-state index in [1.165, 1.54) is 12.1 Å². The highest BCUT2D eigenvalue weighted by Gasteiger charge is 2.16. The van der Waals surface area contributed by atoms with Gasteiger partial charge in [0.05, 0.1) is 11.1 Å². The first kappa shape index (κ1) is 38.1. The van der Waals surface area contributed by atoms with Crippen LogP contribution in [0.5, 0.6) is 11.5 Å². The van der Waals surface area contributed by atoms with Crippen LogP contribution < -0.4 is 21.7 Å². The van der Waals surface area contributed by atoms with E-state index in [2.05, 4.69) is 35.6 Å². The highest BCUT2D eigenvalue weighted by molar-refractivity contribution is 5.98. The minimum atomic E-state index is -0.538. The molecule has 0 spiro atoms. The van der Waals surface area contributed by atoms with E-state index in [0.717, 1.165) is 88.2 Å². The molecule has 254 valence electrons. The van der Waals surface area contributed by atoms with E-state index in [0.29, 0.717) is 38.5 Å². The number of hydrazine groups is 2. The first-order valence-corrected chi connectivity index (χ1v) is 17.1. The molecular formula is C36H54N4O6. The number of benzene rings is 2. The molecule has 6 N–H and O–H groups in total. The molecule has 0 fully saturated rings. The van der Waals surface area contributed by atoms with Gasteiger partial charge >= 0.3 is 0 Å². The zero-order chi connectivity index (χ0) is 33.6. The second-order valence-electron chi connectivity index (χ2n) is 11.9. The maximum atomic E-state index is 12.4. The van der Waals surface area contributed by atoms with Gasteiger partial charge in [-0.3, -0.25) is 40.9 Å². The molecule has 0 radical (unpaired) electrons. The Morgan fingerprint density at radius 3 is 1.24 bits per heavy atom. The number of phenolic OH excluding ortho intramolecular Hbond substituents is 2. The summed E-state index contributed by atoms with van der Waals surface area (Å²) in [5.41, 5.74) is 11.4. The second-order valence-corrected chi connectivity index (χ2v) is 11.9. The first-order chi connectivity index (χ1) is 22.3. The van der Waals surface area contributed by atoms with Crippen LogP contribution in [0.3, 0.4) is 0 Å². The van der Waals surface area contributed by atoms with E-state index in [1.54, 1.807) is 12.1 Å². The lowest BCUT2D eigenvalue weighted by atomic mass is 10.0. The Morgan fingerprint density at radius 2 is 0.870 bits per heavy atom. The topological polar surface area (TPSA) is 157 Å². The van der Waals surface area contributed by atoms with Crippen molar-refractivity contribution in [2.75, 3.05) is 0 Å².